The lowest BCUT2D eigenvalue weighted by Crippen LogP contribution is -2.39. The van der Waals surface area contributed by atoms with E-state index >= 15 is 0 Å². The van der Waals surface area contributed by atoms with Crippen LogP contribution in [0.5, 0.6) is 11.5 Å². The molecule has 122 valence electrons. The van der Waals surface area contributed by atoms with Gasteiger partial charge in [-0.3, -0.25) is 4.79 Å². The van der Waals surface area contributed by atoms with E-state index in [0.717, 1.165) is 11.3 Å². The van der Waals surface area contributed by atoms with Gasteiger partial charge in [-0.2, -0.15) is 0 Å². The van der Waals surface area contributed by atoms with Gasteiger partial charge < -0.3 is 14.8 Å². The van der Waals surface area contributed by atoms with Crippen molar-refractivity contribution >= 4 is 5.91 Å². The van der Waals surface area contributed by atoms with Gasteiger partial charge in [0, 0.05) is 0 Å². The highest BCUT2D eigenvalue weighted by Gasteiger charge is 2.20. The summed E-state index contributed by atoms with van der Waals surface area (Å²) in [4.78, 5) is 12.4. The zero-order valence-corrected chi connectivity index (χ0v) is 13.8. The van der Waals surface area contributed by atoms with E-state index in [1.165, 1.54) is 0 Å². The van der Waals surface area contributed by atoms with Gasteiger partial charge in [-0.25, -0.2) is 0 Å². The molecular formula is C19H23NO3. The second kappa shape index (κ2) is 8.22. The third-order valence-electron chi connectivity index (χ3n) is 3.66. The van der Waals surface area contributed by atoms with Crippen LogP contribution in [-0.2, 0) is 4.79 Å². The lowest BCUT2D eigenvalue weighted by molar-refractivity contribution is -0.128. The minimum atomic E-state index is -0.519. The fraction of sp³-hybridized carbons (Fsp3) is 0.316. The Labute approximate surface area is 137 Å². The second-order valence-corrected chi connectivity index (χ2v) is 5.33. The highest BCUT2D eigenvalue weighted by Crippen LogP contribution is 2.19. The molecule has 0 saturated carbocycles. The lowest BCUT2D eigenvalue weighted by atomic mass is 10.1. The Balaban J connectivity index is 1.97. The van der Waals surface area contributed by atoms with Crippen molar-refractivity contribution in [1.82, 2.24) is 5.32 Å². The number of nitrogens with one attached hydrogen (secondary N) is 1. The molecule has 2 aromatic carbocycles. The Hall–Kier alpha value is -2.49. The van der Waals surface area contributed by atoms with E-state index in [1.54, 1.807) is 19.2 Å². The minimum absolute atomic E-state index is 0.0581. The largest absolute Gasteiger partial charge is 0.497 e. The SMILES string of the molecule is CC[C@@H](Oc1ccc(OC)cc1)C(=O)N[C@H](C)c1ccccc1. The molecule has 2 rings (SSSR count). The van der Waals surface area contributed by atoms with Gasteiger partial charge in [0.05, 0.1) is 13.2 Å². The van der Waals surface area contributed by atoms with Crippen LogP contribution in [0.2, 0.25) is 0 Å². The van der Waals surface area contributed by atoms with Gasteiger partial charge in [-0.1, -0.05) is 37.3 Å². The first-order chi connectivity index (χ1) is 11.1. The Bertz CT molecular complexity index is 610. The number of ether oxygens (including phenoxy) is 2. The fourth-order valence-corrected chi connectivity index (χ4v) is 2.27. The minimum Gasteiger partial charge on any atom is -0.497 e. The van der Waals surface area contributed by atoms with Crippen molar-refractivity contribution in [3.8, 4) is 11.5 Å². The monoisotopic (exact) mass is 313 g/mol. The Morgan fingerprint density at radius 3 is 2.22 bits per heavy atom. The summed E-state index contributed by atoms with van der Waals surface area (Å²) in [5, 5.41) is 3.00. The first-order valence-corrected chi connectivity index (χ1v) is 7.80. The molecule has 0 heterocycles. The van der Waals surface area contributed by atoms with E-state index in [1.807, 2.05) is 56.3 Å². The summed E-state index contributed by atoms with van der Waals surface area (Å²) in [6.07, 6.45) is 0.0777. The molecule has 4 nitrogen and oxygen atoms in total. The molecule has 0 saturated heterocycles. The zero-order valence-electron chi connectivity index (χ0n) is 13.8. The third-order valence-corrected chi connectivity index (χ3v) is 3.66. The quantitative estimate of drug-likeness (QED) is 0.847. The Morgan fingerprint density at radius 2 is 1.65 bits per heavy atom. The van der Waals surface area contributed by atoms with Gasteiger partial charge in [0.1, 0.15) is 11.5 Å². The van der Waals surface area contributed by atoms with E-state index in [4.69, 9.17) is 9.47 Å². The van der Waals surface area contributed by atoms with Gasteiger partial charge in [0.15, 0.2) is 6.10 Å². The van der Waals surface area contributed by atoms with Crippen LogP contribution in [0.4, 0.5) is 0 Å². The highest BCUT2D eigenvalue weighted by molar-refractivity contribution is 5.81. The van der Waals surface area contributed by atoms with Crippen LogP contribution in [-0.4, -0.2) is 19.1 Å². The molecular weight excluding hydrogens is 290 g/mol. The summed E-state index contributed by atoms with van der Waals surface area (Å²) in [7, 11) is 1.61. The molecule has 0 aliphatic rings. The average Bonchev–Trinajstić information content (AvgIpc) is 2.60. The molecule has 0 spiro atoms. The van der Waals surface area contributed by atoms with E-state index < -0.39 is 6.10 Å². The number of rotatable bonds is 7. The molecule has 4 heteroatoms. The highest BCUT2D eigenvalue weighted by atomic mass is 16.5. The summed E-state index contributed by atoms with van der Waals surface area (Å²) in [6, 6.07) is 17.0. The predicted molar refractivity (Wildman–Crippen MR) is 90.7 cm³/mol. The van der Waals surface area contributed by atoms with Crippen molar-refractivity contribution in [2.45, 2.75) is 32.4 Å². The van der Waals surface area contributed by atoms with E-state index in [2.05, 4.69) is 5.32 Å². The van der Waals surface area contributed by atoms with Gasteiger partial charge in [-0.15, -0.1) is 0 Å². The normalized spacial score (nSPS) is 13.0. The van der Waals surface area contributed by atoms with Crippen LogP contribution in [0.1, 0.15) is 31.9 Å². The molecule has 0 aliphatic carbocycles. The molecule has 1 amide bonds. The van der Waals surface area contributed by atoms with Gasteiger partial charge in [-0.05, 0) is 43.2 Å². The maximum atomic E-state index is 12.4. The summed E-state index contributed by atoms with van der Waals surface area (Å²) >= 11 is 0. The Morgan fingerprint density at radius 1 is 1.04 bits per heavy atom. The van der Waals surface area contributed by atoms with Crippen LogP contribution in [0.3, 0.4) is 0 Å². The van der Waals surface area contributed by atoms with Crippen molar-refractivity contribution in [3.05, 3.63) is 60.2 Å². The van der Waals surface area contributed by atoms with Crippen LogP contribution >= 0.6 is 0 Å². The average molecular weight is 313 g/mol. The van der Waals surface area contributed by atoms with Gasteiger partial charge >= 0.3 is 0 Å². The molecule has 0 bridgehead atoms. The van der Waals surface area contributed by atoms with Crippen LogP contribution < -0.4 is 14.8 Å². The van der Waals surface area contributed by atoms with E-state index in [-0.39, 0.29) is 11.9 Å². The predicted octanol–water partition coefficient (Wildman–Crippen LogP) is 3.73. The smallest absolute Gasteiger partial charge is 0.261 e. The van der Waals surface area contributed by atoms with Gasteiger partial charge in [0.25, 0.3) is 5.91 Å². The Kier molecular flexibility index (Phi) is 6.03. The van der Waals surface area contributed by atoms with E-state index in [9.17, 15) is 4.79 Å². The number of methoxy groups -OCH3 is 1. The standard InChI is InChI=1S/C19H23NO3/c1-4-18(23-17-12-10-16(22-3)11-13-17)19(21)20-14(2)15-8-6-5-7-9-15/h5-14,18H,4H2,1-3H3,(H,20,21)/t14-,18-/m1/s1. The first kappa shape index (κ1) is 16.9. The van der Waals surface area contributed by atoms with E-state index in [0.29, 0.717) is 12.2 Å². The van der Waals surface area contributed by atoms with Crippen LogP contribution in [0, 0.1) is 0 Å². The van der Waals surface area contributed by atoms with Crippen LogP contribution in [0.15, 0.2) is 54.6 Å². The lowest BCUT2D eigenvalue weighted by Gasteiger charge is -2.21. The van der Waals surface area contributed by atoms with Crippen molar-refractivity contribution < 1.29 is 14.3 Å². The van der Waals surface area contributed by atoms with Crippen molar-refractivity contribution in [1.29, 1.82) is 0 Å². The van der Waals surface area contributed by atoms with Crippen molar-refractivity contribution in [3.63, 3.8) is 0 Å². The summed E-state index contributed by atoms with van der Waals surface area (Å²) in [5.74, 6) is 1.30. The molecule has 2 atom stereocenters. The number of carbonyl (C=O) groups is 1. The number of benzene rings is 2. The molecule has 1 N–H and O–H groups in total. The van der Waals surface area contributed by atoms with Crippen molar-refractivity contribution in [2.75, 3.05) is 7.11 Å². The molecule has 2 aromatic rings. The molecule has 0 aromatic heterocycles. The van der Waals surface area contributed by atoms with Gasteiger partial charge in [0.2, 0.25) is 0 Å². The maximum Gasteiger partial charge on any atom is 0.261 e. The fourth-order valence-electron chi connectivity index (χ4n) is 2.27. The molecule has 0 fully saturated rings. The van der Waals surface area contributed by atoms with Crippen LogP contribution in [0.25, 0.3) is 0 Å². The third kappa shape index (κ3) is 4.74. The molecule has 0 unspecified atom stereocenters. The topological polar surface area (TPSA) is 47.6 Å². The zero-order chi connectivity index (χ0) is 16.7. The number of hydrogen-bond acceptors (Lipinski definition) is 3. The molecule has 0 aliphatic heterocycles. The number of carbonyl (C=O) groups excluding carboxylic acids is 1. The second-order valence-electron chi connectivity index (χ2n) is 5.33. The summed E-state index contributed by atoms with van der Waals surface area (Å²) in [5.41, 5.74) is 1.07. The summed E-state index contributed by atoms with van der Waals surface area (Å²) in [6.45, 7) is 3.90. The van der Waals surface area contributed by atoms with Crippen molar-refractivity contribution in [2.24, 2.45) is 0 Å². The number of amides is 1. The molecule has 0 radical (unpaired) electrons. The molecule has 23 heavy (non-hydrogen) atoms. The maximum absolute atomic E-state index is 12.4. The number of hydrogen-bond donors (Lipinski definition) is 1. The first-order valence-electron chi connectivity index (χ1n) is 7.80. The summed E-state index contributed by atoms with van der Waals surface area (Å²) < 4.78 is 10.9.